The molecule has 4 nitrogen and oxygen atoms in total. The van der Waals surface area contributed by atoms with E-state index >= 15 is 0 Å². The van der Waals surface area contributed by atoms with E-state index in [1.807, 2.05) is 36.5 Å². The number of fused-ring (bicyclic) bond motifs is 1. The summed E-state index contributed by atoms with van der Waals surface area (Å²) in [7, 11) is 0. The zero-order valence-corrected chi connectivity index (χ0v) is 16.3. The number of ether oxygens (including phenoxy) is 1. The highest BCUT2D eigenvalue weighted by Crippen LogP contribution is 2.24. The molecule has 2 aromatic heterocycles. The van der Waals surface area contributed by atoms with Gasteiger partial charge in [-0.15, -0.1) is 12.4 Å². The van der Waals surface area contributed by atoms with Gasteiger partial charge in [0, 0.05) is 54.3 Å². The molecule has 0 aliphatic carbocycles. The third-order valence-corrected chi connectivity index (χ3v) is 4.45. The lowest BCUT2D eigenvalue weighted by atomic mass is 10.1. The van der Waals surface area contributed by atoms with Gasteiger partial charge in [-0.05, 0) is 35.9 Å². The molecular weight excluding hydrogens is 396 g/mol. The first kappa shape index (κ1) is 20.8. The molecule has 0 unspecified atom stereocenters. The summed E-state index contributed by atoms with van der Waals surface area (Å²) in [4.78, 5) is 7.34. The third-order valence-electron chi connectivity index (χ3n) is 4.45. The Bertz CT molecular complexity index is 1100. The number of H-pyrrole nitrogens is 1. The predicted octanol–water partition coefficient (Wildman–Crippen LogP) is 5.10. The maximum atomic E-state index is 14.0. The number of hydrogen-bond donors (Lipinski definition) is 2. The van der Waals surface area contributed by atoms with E-state index in [-0.39, 0.29) is 12.4 Å². The molecule has 4 aromatic rings. The fraction of sp³-hybridized carbons (Fsp3) is 0.136. The predicted molar refractivity (Wildman–Crippen MR) is 112 cm³/mol. The van der Waals surface area contributed by atoms with Gasteiger partial charge in [-0.25, -0.2) is 8.78 Å². The number of para-hydroxylation sites is 1. The first-order chi connectivity index (χ1) is 13.7. The number of halogens is 3. The van der Waals surface area contributed by atoms with E-state index in [0.29, 0.717) is 30.8 Å². The van der Waals surface area contributed by atoms with Crippen LogP contribution in [0.4, 0.5) is 8.78 Å². The van der Waals surface area contributed by atoms with Crippen molar-refractivity contribution < 1.29 is 13.5 Å². The number of hydrogen-bond acceptors (Lipinski definition) is 3. The van der Waals surface area contributed by atoms with Gasteiger partial charge in [0.05, 0.1) is 5.52 Å². The molecule has 29 heavy (non-hydrogen) atoms. The van der Waals surface area contributed by atoms with Crippen LogP contribution in [-0.2, 0) is 6.54 Å². The Hall–Kier alpha value is -2.96. The molecular formula is C22H20ClF2N3O. The highest BCUT2D eigenvalue weighted by atomic mass is 35.5. The standard InChI is InChI=1S/C22H19F2N3O.ClH/c23-18-4-5-19(20(24)11-18)17-10-15(13-26-14-17)12-25-8-9-28-21-3-1-2-16-6-7-27-22(16)21;/h1-7,10-11,13-14,25,27H,8-9,12H2;1H. The molecule has 150 valence electrons. The number of nitrogens with one attached hydrogen (secondary N) is 2. The fourth-order valence-electron chi connectivity index (χ4n) is 3.10. The van der Waals surface area contributed by atoms with Crippen molar-refractivity contribution in [2.45, 2.75) is 6.54 Å². The van der Waals surface area contributed by atoms with E-state index in [1.54, 1.807) is 12.4 Å². The second-order valence-electron chi connectivity index (χ2n) is 6.43. The summed E-state index contributed by atoms with van der Waals surface area (Å²) in [5.41, 5.74) is 2.85. The third kappa shape index (κ3) is 4.91. The normalized spacial score (nSPS) is 10.7. The van der Waals surface area contributed by atoms with Gasteiger partial charge < -0.3 is 15.0 Å². The SMILES string of the molecule is Cl.Fc1ccc(-c2cncc(CNCCOc3cccc4cc[nH]c34)c2)c(F)c1. The molecule has 7 heteroatoms. The zero-order valence-electron chi connectivity index (χ0n) is 15.5. The van der Waals surface area contributed by atoms with E-state index in [0.717, 1.165) is 28.3 Å². The van der Waals surface area contributed by atoms with Crippen molar-refractivity contribution >= 4 is 23.3 Å². The second kappa shape index (κ2) is 9.49. The largest absolute Gasteiger partial charge is 0.490 e. The van der Waals surface area contributed by atoms with Gasteiger partial charge in [-0.3, -0.25) is 4.98 Å². The monoisotopic (exact) mass is 415 g/mol. The van der Waals surface area contributed by atoms with E-state index in [1.165, 1.54) is 12.1 Å². The number of nitrogens with zero attached hydrogens (tertiary/aromatic N) is 1. The lowest BCUT2D eigenvalue weighted by molar-refractivity contribution is 0.316. The van der Waals surface area contributed by atoms with Crippen molar-refractivity contribution in [3.05, 3.63) is 84.3 Å². The summed E-state index contributed by atoms with van der Waals surface area (Å²) in [5.74, 6) is -0.374. The van der Waals surface area contributed by atoms with Gasteiger partial charge in [-0.2, -0.15) is 0 Å². The summed E-state index contributed by atoms with van der Waals surface area (Å²) in [6, 6.07) is 13.3. The summed E-state index contributed by atoms with van der Waals surface area (Å²) in [5, 5.41) is 4.40. The van der Waals surface area contributed by atoms with E-state index < -0.39 is 11.6 Å². The first-order valence-electron chi connectivity index (χ1n) is 9.00. The molecule has 0 aliphatic heterocycles. The topological polar surface area (TPSA) is 49.9 Å². The van der Waals surface area contributed by atoms with Crippen LogP contribution < -0.4 is 10.1 Å². The highest BCUT2D eigenvalue weighted by molar-refractivity contribution is 5.85. The highest BCUT2D eigenvalue weighted by Gasteiger charge is 2.08. The second-order valence-corrected chi connectivity index (χ2v) is 6.43. The smallest absolute Gasteiger partial charge is 0.143 e. The number of aromatic amines is 1. The number of rotatable bonds is 7. The van der Waals surface area contributed by atoms with Gasteiger partial charge >= 0.3 is 0 Å². The van der Waals surface area contributed by atoms with Crippen molar-refractivity contribution in [3.63, 3.8) is 0 Å². The average Bonchev–Trinajstić information content (AvgIpc) is 3.17. The summed E-state index contributed by atoms with van der Waals surface area (Å²) < 4.78 is 32.9. The van der Waals surface area contributed by atoms with Crippen LogP contribution in [0.2, 0.25) is 0 Å². The molecule has 4 rings (SSSR count). The molecule has 2 aromatic carbocycles. The van der Waals surface area contributed by atoms with Crippen LogP contribution >= 0.6 is 12.4 Å². The Morgan fingerprint density at radius 1 is 1.03 bits per heavy atom. The number of pyridine rings is 1. The minimum absolute atomic E-state index is 0. The molecule has 0 aliphatic rings. The van der Waals surface area contributed by atoms with E-state index in [9.17, 15) is 8.78 Å². The van der Waals surface area contributed by atoms with Crippen LogP contribution in [0, 0.1) is 11.6 Å². The molecule has 0 saturated carbocycles. The van der Waals surface area contributed by atoms with Crippen LogP contribution in [0.25, 0.3) is 22.0 Å². The Morgan fingerprint density at radius 2 is 1.93 bits per heavy atom. The maximum absolute atomic E-state index is 14.0. The summed E-state index contributed by atoms with van der Waals surface area (Å²) in [6.07, 6.45) is 5.18. The van der Waals surface area contributed by atoms with E-state index in [4.69, 9.17) is 4.74 Å². The molecule has 0 amide bonds. The Labute approximate surface area is 173 Å². The van der Waals surface area contributed by atoms with E-state index in [2.05, 4.69) is 15.3 Å². The fourth-order valence-corrected chi connectivity index (χ4v) is 3.10. The lowest BCUT2D eigenvalue weighted by Crippen LogP contribution is -2.20. The first-order valence-corrected chi connectivity index (χ1v) is 9.00. The summed E-state index contributed by atoms with van der Waals surface area (Å²) >= 11 is 0. The Balaban J connectivity index is 0.00000240. The van der Waals surface area contributed by atoms with Crippen molar-refractivity contribution in [3.8, 4) is 16.9 Å². The average molecular weight is 416 g/mol. The van der Waals surface area contributed by atoms with Crippen LogP contribution in [0.1, 0.15) is 5.56 Å². The molecule has 0 atom stereocenters. The van der Waals surface area contributed by atoms with Crippen molar-refractivity contribution in [2.75, 3.05) is 13.2 Å². The summed E-state index contributed by atoms with van der Waals surface area (Å²) in [6.45, 7) is 1.73. The Morgan fingerprint density at radius 3 is 2.79 bits per heavy atom. The lowest BCUT2D eigenvalue weighted by Gasteiger charge is -2.09. The van der Waals surface area contributed by atoms with Gasteiger partial charge in [0.15, 0.2) is 0 Å². The van der Waals surface area contributed by atoms with Gasteiger partial charge in [0.1, 0.15) is 24.0 Å². The zero-order chi connectivity index (χ0) is 19.3. The molecule has 0 bridgehead atoms. The van der Waals surface area contributed by atoms with Crippen molar-refractivity contribution in [1.82, 2.24) is 15.3 Å². The van der Waals surface area contributed by atoms with Crippen molar-refractivity contribution in [2.24, 2.45) is 0 Å². The number of benzene rings is 2. The minimum Gasteiger partial charge on any atom is -0.490 e. The number of aromatic nitrogens is 2. The molecule has 0 spiro atoms. The molecule has 2 heterocycles. The molecule has 2 N–H and O–H groups in total. The molecule has 0 saturated heterocycles. The van der Waals surface area contributed by atoms with Gasteiger partial charge in [0.25, 0.3) is 0 Å². The molecule has 0 fully saturated rings. The van der Waals surface area contributed by atoms with Crippen LogP contribution in [0.15, 0.2) is 67.1 Å². The molecule has 0 radical (unpaired) electrons. The van der Waals surface area contributed by atoms with Crippen LogP contribution in [-0.4, -0.2) is 23.1 Å². The van der Waals surface area contributed by atoms with Gasteiger partial charge in [-0.1, -0.05) is 12.1 Å². The van der Waals surface area contributed by atoms with Crippen LogP contribution in [0.3, 0.4) is 0 Å². The van der Waals surface area contributed by atoms with Crippen LogP contribution in [0.5, 0.6) is 5.75 Å². The quantitative estimate of drug-likeness (QED) is 0.413. The van der Waals surface area contributed by atoms with Gasteiger partial charge in [0.2, 0.25) is 0 Å². The maximum Gasteiger partial charge on any atom is 0.143 e. The Kier molecular flexibility index (Phi) is 6.80. The minimum atomic E-state index is -0.598. The van der Waals surface area contributed by atoms with Crippen molar-refractivity contribution in [1.29, 1.82) is 0 Å².